The molecule has 0 aromatic rings. The highest BCUT2D eigenvalue weighted by atomic mass is 16.6. The van der Waals surface area contributed by atoms with E-state index in [1.165, 1.54) is 19.3 Å². The number of hydrogen-bond acceptors (Lipinski definition) is 6. The van der Waals surface area contributed by atoms with Gasteiger partial charge in [-0.1, -0.05) is 39.0 Å². The van der Waals surface area contributed by atoms with Crippen LogP contribution in [0.1, 0.15) is 65.7 Å². The van der Waals surface area contributed by atoms with Gasteiger partial charge in [-0.25, -0.2) is 5.48 Å². The van der Waals surface area contributed by atoms with Gasteiger partial charge in [-0.2, -0.15) is 0 Å². The predicted octanol–water partition coefficient (Wildman–Crippen LogP) is 0.619. The number of carbonyl (C=O) groups is 2. The average Bonchev–Trinajstić information content (AvgIpc) is 2.59. The fourth-order valence-corrected chi connectivity index (χ4v) is 2.51. The van der Waals surface area contributed by atoms with Gasteiger partial charge < -0.3 is 20.8 Å². The van der Waals surface area contributed by atoms with E-state index in [1.54, 1.807) is 13.8 Å². The van der Waals surface area contributed by atoms with Crippen molar-refractivity contribution in [3.8, 4) is 0 Å². The molecule has 0 aliphatic carbocycles. The van der Waals surface area contributed by atoms with Gasteiger partial charge in [0, 0.05) is 13.0 Å². The van der Waals surface area contributed by atoms with Crippen LogP contribution in [0.3, 0.4) is 0 Å². The number of aliphatic hydroxyl groups excluding tert-OH is 2. The van der Waals surface area contributed by atoms with Crippen LogP contribution in [0.15, 0.2) is 0 Å². The van der Waals surface area contributed by atoms with E-state index in [9.17, 15) is 19.8 Å². The van der Waals surface area contributed by atoms with Crippen molar-refractivity contribution in [1.29, 1.82) is 0 Å². The fraction of sp³-hybridized carbons (Fsp3) is 0.889. The Morgan fingerprint density at radius 2 is 1.65 bits per heavy atom. The van der Waals surface area contributed by atoms with Crippen molar-refractivity contribution in [2.24, 2.45) is 0 Å². The first-order valence-electron chi connectivity index (χ1n) is 9.62. The Kier molecular flexibility index (Phi) is 15.2. The monoisotopic (exact) mass is 375 g/mol. The smallest absolute Gasteiger partial charge is 0.230 e. The quantitative estimate of drug-likeness (QED) is 0.144. The summed E-state index contributed by atoms with van der Waals surface area (Å²) in [5.41, 5.74) is 2.07. The standard InChI is InChI=1S/C18H37N3O5/c1-4-5-6-7-8-9-10-18(25)21-16(14(2)23)11-19-17(15(3)24)12-26-20-13-22/h13-17,19,23-24H,4-12H2,1-3H3,(H,20,22)(H,21,25). The van der Waals surface area contributed by atoms with Crippen molar-refractivity contribution in [2.45, 2.75) is 90.0 Å². The van der Waals surface area contributed by atoms with Crippen LogP contribution in [0.25, 0.3) is 0 Å². The van der Waals surface area contributed by atoms with E-state index in [-0.39, 0.29) is 19.1 Å². The summed E-state index contributed by atoms with van der Waals surface area (Å²) in [6.07, 6.45) is 6.06. The summed E-state index contributed by atoms with van der Waals surface area (Å²) in [7, 11) is 0. The molecule has 26 heavy (non-hydrogen) atoms. The first-order valence-corrected chi connectivity index (χ1v) is 9.62. The highest BCUT2D eigenvalue weighted by Gasteiger charge is 2.21. The van der Waals surface area contributed by atoms with Crippen LogP contribution >= 0.6 is 0 Å². The van der Waals surface area contributed by atoms with Crippen molar-refractivity contribution in [3.05, 3.63) is 0 Å². The van der Waals surface area contributed by atoms with E-state index < -0.39 is 24.3 Å². The van der Waals surface area contributed by atoms with E-state index in [2.05, 4.69) is 23.0 Å². The third-order valence-corrected chi connectivity index (χ3v) is 4.26. The van der Waals surface area contributed by atoms with Gasteiger partial charge in [-0.05, 0) is 20.3 Å². The summed E-state index contributed by atoms with van der Waals surface area (Å²) in [4.78, 5) is 27.1. The Balaban J connectivity index is 4.20. The molecule has 0 aliphatic heterocycles. The van der Waals surface area contributed by atoms with E-state index >= 15 is 0 Å². The van der Waals surface area contributed by atoms with Crippen molar-refractivity contribution in [2.75, 3.05) is 13.2 Å². The van der Waals surface area contributed by atoms with Crippen molar-refractivity contribution < 1.29 is 24.6 Å². The number of hydroxylamine groups is 1. The molecular formula is C18H37N3O5. The second kappa shape index (κ2) is 16.0. The van der Waals surface area contributed by atoms with Crippen molar-refractivity contribution in [1.82, 2.24) is 16.1 Å². The molecule has 2 amide bonds. The van der Waals surface area contributed by atoms with E-state index in [1.807, 2.05) is 0 Å². The molecule has 0 radical (unpaired) electrons. The Bertz CT molecular complexity index is 367. The molecule has 0 fully saturated rings. The van der Waals surface area contributed by atoms with Gasteiger partial charge in [0.05, 0.1) is 30.9 Å². The van der Waals surface area contributed by atoms with Gasteiger partial charge in [0.2, 0.25) is 12.3 Å². The molecule has 0 heterocycles. The first-order chi connectivity index (χ1) is 12.4. The van der Waals surface area contributed by atoms with E-state index in [0.29, 0.717) is 12.8 Å². The Hall–Kier alpha value is -1.22. The molecule has 4 atom stereocenters. The van der Waals surface area contributed by atoms with E-state index in [4.69, 9.17) is 4.84 Å². The van der Waals surface area contributed by atoms with Gasteiger partial charge in [0.25, 0.3) is 0 Å². The first kappa shape index (κ1) is 24.8. The van der Waals surface area contributed by atoms with Crippen LogP contribution in [-0.2, 0) is 14.4 Å². The minimum Gasteiger partial charge on any atom is -0.392 e. The molecule has 0 bridgehead atoms. The molecule has 0 saturated heterocycles. The number of nitrogens with one attached hydrogen (secondary N) is 3. The van der Waals surface area contributed by atoms with E-state index in [0.717, 1.165) is 19.3 Å². The lowest BCUT2D eigenvalue weighted by Crippen LogP contribution is -2.53. The second-order valence-corrected chi connectivity index (χ2v) is 6.73. The maximum absolute atomic E-state index is 12.1. The zero-order valence-corrected chi connectivity index (χ0v) is 16.4. The molecule has 8 nitrogen and oxygen atoms in total. The van der Waals surface area contributed by atoms with Crippen LogP contribution in [-0.4, -0.2) is 60.0 Å². The average molecular weight is 376 g/mol. The minimum absolute atomic E-state index is 0.0641. The Morgan fingerprint density at radius 3 is 2.23 bits per heavy atom. The molecule has 154 valence electrons. The minimum atomic E-state index is -0.736. The normalized spacial score (nSPS) is 15.7. The molecule has 0 spiro atoms. The number of unbranched alkanes of at least 4 members (excludes halogenated alkanes) is 5. The van der Waals surface area contributed by atoms with Gasteiger partial charge in [-0.3, -0.25) is 14.4 Å². The summed E-state index contributed by atoms with van der Waals surface area (Å²) in [6.45, 7) is 5.72. The highest BCUT2D eigenvalue weighted by molar-refractivity contribution is 5.76. The number of rotatable bonds is 17. The predicted molar refractivity (Wildman–Crippen MR) is 100 cm³/mol. The molecular weight excluding hydrogens is 338 g/mol. The van der Waals surface area contributed by atoms with Crippen molar-refractivity contribution >= 4 is 12.3 Å². The molecule has 8 heteroatoms. The lowest BCUT2D eigenvalue weighted by molar-refractivity contribution is -0.123. The topological polar surface area (TPSA) is 120 Å². The summed E-state index contributed by atoms with van der Waals surface area (Å²) < 4.78 is 0. The molecule has 0 aromatic heterocycles. The number of amides is 2. The largest absolute Gasteiger partial charge is 0.392 e. The summed E-state index contributed by atoms with van der Waals surface area (Å²) in [5.74, 6) is -0.0827. The van der Waals surface area contributed by atoms with Crippen LogP contribution in [0.5, 0.6) is 0 Å². The van der Waals surface area contributed by atoms with Gasteiger partial charge >= 0.3 is 0 Å². The van der Waals surface area contributed by atoms with Gasteiger partial charge in [0.1, 0.15) is 0 Å². The zero-order valence-electron chi connectivity index (χ0n) is 16.4. The maximum Gasteiger partial charge on any atom is 0.230 e. The SMILES string of the molecule is CCCCCCCCC(=O)NC(CNC(CONC=O)C(C)O)C(C)O. The summed E-state index contributed by atoms with van der Waals surface area (Å²) in [5, 5.41) is 25.5. The fourth-order valence-electron chi connectivity index (χ4n) is 2.51. The Labute approximate surface area is 157 Å². The third-order valence-electron chi connectivity index (χ3n) is 4.26. The lowest BCUT2D eigenvalue weighted by atomic mass is 10.1. The van der Waals surface area contributed by atoms with Crippen LogP contribution < -0.4 is 16.1 Å². The summed E-state index contributed by atoms with van der Waals surface area (Å²) in [6, 6.07) is -0.915. The maximum atomic E-state index is 12.1. The lowest BCUT2D eigenvalue weighted by Gasteiger charge is -2.26. The van der Waals surface area contributed by atoms with Gasteiger partial charge in [0.15, 0.2) is 0 Å². The third kappa shape index (κ3) is 13.0. The highest BCUT2D eigenvalue weighted by Crippen LogP contribution is 2.07. The molecule has 0 saturated carbocycles. The number of hydrogen-bond donors (Lipinski definition) is 5. The molecule has 0 aromatic carbocycles. The molecule has 5 N–H and O–H groups in total. The zero-order chi connectivity index (χ0) is 19.8. The Morgan fingerprint density at radius 1 is 1.04 bits per heavy atom. The molecule has 4 unspecified atom stereocenters. The van der Waals surface area contributed by atoms with Crippen LogP contribution in [0, 0.1) is 0 Å². The number of aliphatic hydroxyl groups is 2. The summed E-state index contributed by atoms with van der Waals surface area (Å²) >= 11 is 0. The second-order valence-electron chi connectivity index (χ2n) is 6.73. The van der Waals surface area contributed by atoms with Crippen molar-refractivity contribution in [3.63, 3.8) is 0 Å². The molecule has 0 rings (SSSR count). The molecule has 0 aliphatic rings. The van der Waals surface area contributed by atoms with Crippen LogP contribution in [0.4, 0.5) is 0 Å². The van der Waals surface area contributed by atoms with Gasteiger partial charge in [-0.15, -0.1) is 0 Å². The van der Waals surface area contributed by atoms with Crippen LogP contribution in [0.2, 0.25) is 0 Å². The number of carbonyl (C=O) groups excluding carboxylic acids is 2.